The van der Waals surface area contributed by atoms with Crippen molar-refractivity contribution in [3.05, 3.63) is 46.3 Å². The number of benzene rings is 1. The zero-order valence-corrected chi connectivity index (χ0v) is 15.6. The Hall–Kier alpha value is -2.43. The summed E-state index contributed by atoms with van der Waals surface area (Å²) >= 11 is 0. The molecule has 1 aromatic heterocycles. The van der Waals surface area contributed by atoms with E-state index in [1.165, 1.54) is 5.57 Å². The first-order valence-electron chi connectivity index (χ1n) is 8.93. The molecule has 0 radical (unpaired) electrons. The van der Waals surface area contributed by atoms with Gasteiger partial charge in [0.2, 0.25) is 5.95 Å². The van der Waals surface area contributed by atoms with Gasteiger partial charge in [0.05, 0.1) is 10.9 Å². The third-order valence-electron chi connectivity index (χ3n) is 4.15. The first-order valence-corrected chi connectivity index (χ1v) is 8.93. The van der Waals surface area contributed by atoms with Crippen molar-refractivity contribution in [3.8, 4) is 0 Å². The summed E-state index contributed by atoms with van der Waals surface area (Å²) in [4.78, 5) is 17.0. The van der Waals surface area contributed by atoms with E-state index >= 15 is 0 Å². The third kappa shape index (κ3) is 5.28. The van der Waals surface area contributed by atoms with E-state index in [0.717, 1.165) is 19.3 Å². The second-order valence-corrected chi connectivity index (χ2v) is 6.63. The molecule has 5 heteroatoms. The summed E-state index contributed by atoms with van der Waals surface area (Å²) in [6.07, 6.45) is 7.28. The van der Waals surface area contributed by atoms with Crippen molar-refractivity contribution in [2.75, 3.05) is 5.43 Å². The number of aromatic nitrogens is 2. The molecule has 0 saturated heterocycles. The number of para-hydroxylation sites is 1. The Balaban J connectivity index is 2.03. The predicted octanol–water partition coefficient (Wildman–Crippen LogP) is 4.59. The molecule has 0 amide bonds. The van der Waals surface area contributed by atoms with Gasteiger partial charge in [-0.05, 0) is 58.1 Å². The van der Waals surface area contributed by atoms with Crippen molar-refractivity contribution >= 4 is 23.1 Å². The molecular weight excluding hydrogens is 312 g/mol. The Bertz CT molecular complexity index is 816. The van der Waals surface area contributed by atoms with Gasteiger partial charge in [0, 0.05) is 12.8 Å². The Morgan fingerprint density at radius 2 is 2.12 bits per heavy atom. The molecule has 0 bridgehead atoms. The first-order chi connectivity index (χ1) is 12.0. The molecule has 0 unspecified atom stereocenters. The third-order valence-corrected chi connectivity index (χ3v) is 4.15. The summed E-state index contributed by atoms with van der Waals surface area (Å²) < 4.78 is 1.61. The zero-order valence-electron chi connectivity index (χ0n) is 15.6. The quantitative estimate of drug-likeness (QED) is 0.434. The normalized spacial score (nSPS) is 12.5. The van der Waals surface area contributed by atoms with Crippen LogP contribution in [0.5, 0.6) is 0 Å². The summed E-state index contributed by atoms with van der Waals surface area (Å²) in [5.41, 5.74) is 4.94. The van der Waals surface area contributed by atoms with Crippen LogP contribution in [0.2, 0.25) is 0 Å². The second kappa shape index (κ2) is 9.16. The minimum atomic E-state index is -0.0408. The van der Waals surface area contributed by atoms with Gasteiger partial charge in [-0.3, -0.25) is 9.36 Å². The average Bonchev–Trinajstić information content (AvgIpc) is 2.58. The highest BCUT2D eigenvalue weighted by molar-refractivity contribution is 5.78. The molecule has 0 aliphatic carbocycles. The molecule has 1 N–H and O–H groups in total. The van der Waals surface area contributed by atoms with E-state index in [1.807, 2.05) is 31.3 Å². The number of nitrogens with zero attached hydrogens (tertiary/aromatic N) is 3. The molecule has 1 atom stereocenters. The van der Waals surface area contributed by atoms with Crippen LogP contribution >= 0.6 is 0 Å². The van der Waals surface area contributed by atoms with Gasteiger partial charge in [0.25, 0.3) is 5.56 Å². The van der Waals surface area contributed by atoms with Gasteiger partial charge in [0.15, 0.2) is 0 Å². The number of hydrogen-bond acceptors (Lipinski definition) is 4. The van der Waals surface area contributed by atoms with Gasteiger partial charge in [-0.1, -0.05) is 30.7 Å². The Morgan fingerprint density at radius 1 is 1.36 bits per heavy atom. The molecule has 0 aliphatic heterocycles. The molecule has 1 heterocycles. The minimum Gasteiger partial charge on any atom is -0.277 e. The maximum Gasteiger partial charge on any atom is 0.262 e. The van der Waals surface area contributed by atoms with Crippen LogP contribution in [0.1, 0.15) is 47.0 Å². The van der Waals surface area contributed by atoms with Crippen molar-refractivity contribution in [2.45, 2.75) is 53.5 Å². The van der Waals surface area contributed by atoms with E-state index < -0.39 is 0 Å². The standard InChI is InChI=1S/C20H28N4O/c1-5-24-19(25)17-11-6-7-12-18(17)22-20(24)23-21-14-13-16(4)10-8-9-15(2)3/h6-7,9,11-12,14,16H,5,8,10,13H2,1-4H3,(H,22,23)/b21-14-/t16-/m1/s1. The second-order valence-electron chi connectivity index (χ2n) is 6.63. The lowest BCUT2D eigenvalue weighted by Crippen LogP contribution is -2.23. The largest absolute Gasteiger partial charge is 0.277 e. The van der Waals surface area contributed by atoms with Crippen molar-refractivity contribution < 1.29 is 0 Å². The van der Waals surface area contributed by atoms with Crippen molar-refractivity contribution in [1.29, 1.82) is 0 Å². The maximum absolute atomic E-state index is 12.5. The Labute approximate surface area is 149 Å². The molecule has 0 spiro atoms. The van der Waals surface area contributed by atoms with E-state index in [9.17, 15) is 4.79 Å². The van der Waals surface area contributed by atoms with Crippen LogP contribution in [0.4, 0.5) is 5.95 Å². The van der Waals surface area contributed by atoms with Gasteiger partial charge in [0.1, 0.15) is 0 Å². The lowest BCUT2D eigenvalue weighted by atomic mass is 10.0. The number of hydrogen-bond donors (Lipinski definition) is 1. The lowest BCUT2D eigenvalue weighted by molar-refractivity contribution is 0.563. The molecule has 2 rings (SSSR count). The van der Waals surface area contributed by atoms with E-state index in [2.05, 4.69) is 42.4 Å². The molecule has 0 fully saturated rings. The van der Waals surface area contributed by atoms with Crippen LogP contribution in [-0.4, -0.2) is 15.8 Å². The van der Waals surface area contributed by atoms with Gasteiger partial charge in [-0.25, -0.2) is 10.4 Å². The smallest absolute Gasteiger partial charge is 0.262 e. The highest BCUT2D eigenvalue weighted by Crippen LogP contribution is 2.12. The lowest BCUT2D eigenvalue weighted by Gasteiger charge is -2.11. The highest BCUT2D eigenvalue weighted by atomic mass is 16.1. The van der Waals surface area contributed by atoms with Gasteiger partial charge >= 0.3 is 0 Å². The summed E-state index contributed by atoms with van der Waals surface area (Å²) in [7, 11) is 0. The summed E-state index contributed by atoms with van der Waals surface area (Å²) in [5.74, 6) is 1.05. The number of hydrazone groups is 1. The SMILES string of the molecule is CCn1c(N/N=C\C[C@H](C)CCC=C(C)C)nc2ccccc2c1=O. The van der Waals surface area contributed by atoms with Crippen LogP contribution < -0.4 is 11.0 Å². The maximum atomic E-state index is 12.5. The van der Waals surface area contributed by atoms with E-state index in [0.29, 0.717) is 29.3 Å². The van der Waals surface area contributed by atoms with E-state index in [1.54, 1.807) is 10.6 Å². The molecule has 5 nitrogen and oxygen atoms in total. The summed E-state index contributed by atoms with van der Waals surface area (Å²) in [6.45, 7) is 8.95. The molecule has 0 saturated carbocycles. The highest BCUT2D eigenvalue weighted by Gasteiger charge is 2.08. The Morgan fingerprint density at radius 3 is 2.84 bits per heavy atom. The van der Waals surface area contributed by atoms with Crippen LogP contribution in [0.3, 0.4) is 0 Å². The molecule has 2 aromatic rings. The Kier molecular flexibility index (Phi) is 6.92. The monoisotopic (exact) mass is 340 g/mol. The van der Waals surface area contributed by atoms with Gasteiger partial charge in [-0.15, -0.1) is 0 Å². The fraction of sp³-hybridized carbons (Fsp3) is 0.450. The van der Waals surface area contributed by atoms with Crippen molar-refractivity contribution in [3.63, 3.8) is 0 Å². The molecule has 0 aliphatic rings. The molecule has 134 valence electrons. The average molecular weight is 340 g/mol. The number of fused-ring (bicyclic) bond motifs is 1. The molecule has 25 heavy (non-hydrogen) atoms. The number of rotatable bonds is 8. The van der Waals surface area contributed by atoms with Gasteiger partial charge < -0.3 is 0 Å². The fourth-order valence-electron chi connectivity index (χ4n) is 2.66. The first kappa shape index (κ1) is 18.9. The summed E-state index contributed by atoms with van der Waals surface area (Å²) in [5, 5.41) is 4.90. The van der Waals surface area contributed by atoms with Crippen LogP contribution in [0, 0.1) is 5.92 Å². The van der Waals surface area contributed by atoms with E-state index in [-0.39, 0.29) is 5.56 Å². The zero-order chi connectivity index (χ0) is 18.2. The number of nitrogens with one attached hydrogen (secondary N) is 1. The van der Waals surface area contributed by atoms with Crippen molar-refractivity contribution in [1.82, 2.24) is 9.55 Å². The summed E-state index contributed by atoms with van der Waals surface area (Å²) in [6, 6.07) is 7.38. The van der Waals surface area contributed by atoms with Crippen LogP contribution in [0.15, 0.2) is 45.8 Å². The molecular formula is C20H28N4O. The van der Waals surface area contributed by atoms with Crippen LogP contribution in [-0.2, 0) is 6.54 Å². The number of anilines is 1. The fourth-order valence-corrected chi connectivity index (χ4v) is 2.66. The topological polar surface area (TPSA) is 59.3 Å². The minimum absolute atomic E-state index is 0.0408. The van der Waals surface area contributed by atoms with Gasteiger partial charge in [-0.2, -0.15) is 5.10 Å². The van der Waals surface area contributed by atoms with Crippen LogP contribution in [0.25, 0.3) is 10.9 Å². The predicted molar refractivity (Wildman–Crippen MR) is 106 cm³/mol. The van der Waals surface area contributed by atoms with E-state index in [4.69, 9.17) is 0 Å². The van der Waals surface area contributed by atoms with Crippen molar-refractivity contribution in [2.24, 2.45) is 11.0 Å². The number of allylic oxidation sites excluding steroid dienone is 2. The molecule has 1 aromatic carbocycles.